The van der Waals surface area contributed by atoms with Gasteiger partial charge in [0.1, 0.15) is 11.9 Å². The zero-order valence-corrected chi connectivity index (χ0v) is 15.1. The Balaban J connectivity index is 2.17. The lowest BCUT2D eigenvalue weighted by Crippen LogP contribution is -2.38. The summed E-state index contributed by atoms with van der Waals surface area (Å²) in [5.41, 5.74) is 7.88. The van der Waals surface area contributed by atoms with E-state index in [2.05, 4.69) is 17.2 Å². The summed E-state index contributed by atoms with van der Waals surface area (Å²) >= 11 is 0. The second-order valence-corrected chi connectivity index (χ2v) is 6.54. The zero-order chi connectivity index (χ0) is 19.2. The Morgan fingerprint density at radius 2 is 2.07 bits per heavy atom. The van der Waals surface area contributed by atoms with Crippen LogP contribution < -0.4 is 26.8 Å². The van der Waals surface area contributed by atoms with Crippen LogP contribution in [0.2, 0.25) is 0 Å². The standard InChI is InChI=1S/C22H23FN4/c1-2-4-15-11-17(19-6-3-5-16(13-24)22(19)23)12-21(20(15)14-25)27-18-7-9-26-10-8-18/h2-6,11-12,14,18,26-27H,1,7-10,25H2/b15-4-,20-14+. The zero-order valence-electron chi connectivity index (χ0n) is 15.1. The van der Waals surface area contributed by atoms with Crippen molar-refractivity contribution in [1.82, 2.24) is 5.32 Å². The van der Waals surface area contributed by atoms with E-state index < -0.39 is 5.82 Å². The minimum Gasteiger partial charge on any atom is -0.404 e. The molecule has 0 aliphatic carbocycles. The molecule has 0 spiro atoms. The monoisotopic (exact) mass is 362 g/mol. The fourth-order valence-corrected chi connectivity index (χ4v) is 3.43. The number of allylic oxidation sites excluding steroid dienone is 1. The first-order chi connectivity index (χ1) is 13.2. The molecule has 1 aliphatic heterocycles. The second kappa shape index (κ2) is 8.52. The first-order valence-electron chi connectivity index (χ1n) is 9.03. The molecule has 3 rings (SSSR count). The molecule has 0 unspecified atom stereocenters. The van der Waals surface area contributed by atoms with Gasteiger partial charge >= 0.3 is 0 Å². The lowest BCUT2D eigenvalue weighted by atomic mass is 9.99. The number of nitriles is 1. The fraction of sp³-hybridized carbons (Fsp3) is 0.227. The third kappa shape index (κ3) is 4.02. The molecule has 1 heterocycles. The molecule has 0 atom stereocenters. The third-order valence-corrected chi connectivity index (χ3v) is 4.81. The van der Waals surface area contributed by atoms with Gasteiger partial charge in [-0.1, -0.05) is 30.9 Å². The summed E-state index contributed by atoms with van der Waals surface area (Å²) in [7, 11) is 0. The highest BCUT2D eigenvalue weighted by Crippen LogP contribution is 2.25. The van der Waals surface area contributed by atoms with Crippen molar-refractivity contribution < 1.29 is 4.39 Å². The van der Waals surface area contributed by atoms with Crippen molar-refractivity contribution in [2.45, 2.75) is 18.9 Å². The minimum absolute atomic E-state index is 0.0316. The predicted octanol–water partition coefficient (Wildman–Crippen LogP) is 2.19. The van der Waals surface area contributed by atoms with E-state index in [4.69, 9.17) is 11.0 Å². The van der Waals surface area contributed by atoms with Crippen LogP contribution in [0, 0.1) is 17.1 Å². The molecule has 4 N–H and O–H groups in total. The first kappa shape index (κ1) is 18.7. The molecule has 1 saturated heterocycles. The number of nitrogens with one attached hydrogen (secondary N) is 2. The molecule has 0 aromatic heterocycles. The maximum atomic E-state index is 14.7. The smallest absolute Gasteiger partial charge is 0.148 e. The predicted molar refractivity (Wildman–Crippen MR) is 109 cm³/mol. The van der Waals surface area contributed by atoms with Crippen LogP contribution in [0.3, 0.4) is 0 Å². The van der Waals surface area contributed by atoms with Crippen LogP contribution in [0.4, 0.5) is 10.1 Å². The SMILES string of the molecule is C=C/C=c1/cc(-c2cccc(C#N)c2F)cc(NC2CCNCC2)/c1=C/N. The molecular formula is C22H23FN4. The first-order valence-corrected chi connectivity index (χ1v) is 9.03. The molecule has 27 heavy (non-hydrogen) atoms. The van der Waals surface area contributed by atoms with Crippen LogP contribution in [0.25, 0.3) is 23.4 Å². The topological polar surface area (TPSA) is 73.9 Å². The molecule has 5 heteroatoms. The number of benzene rings is 2. The Kier molecular flexibility index (Phi) is 5.90. The summed E-state index contributed by atoms with van der Waals surface area (Å²) in [4.78, 5) is 0. The summed E-state index contributed by atoms with van der Waals surface area (Å²) in [5.74, 6) is -0.512. The van der Waals surface area contributed by atoms with E-state index in [-0.39, 0.29) is 5.56 Å². The summed E-state index contributed by atoms with van der Waals surface area (Å²) in [6.07, 6.45) is 7.11. The molecule has 138 valence electrons. The summed E-state index contributed by atoms with van der Waals surface area (Å²) in [5, 5.41) is 17.7. The van der Waals surface area contributed by atoms with Crippen LogP contribution in [-0.2, 0) is 0 Å². The number of rotatable bonds is 4. The van der Waals surface area contributed by atoms with E-state index in [0.717, 1.165) is 42.1 Å². The quantitative estimate of drug-likeness (QED) is 0.780. The van der Waals surface area contributed by atoms with Gasteiger partial charge in [-0.3, -0.25) is 0 Å². The van der Waals surface area contributed by atoms with Gasteiger partial charge in [-0.2, -0.15) is 5.26 Å². The van der Waals surface area contributed by atoms with Gasteiger partial charge in [0, 0.05) is 28.7 Å². The second-order valence-electron chi connectivity index (χ2n) is 6.54. The van der Waals surface area contributed by atoms with E-state index in [9.17, 15) is 4.39 Å². The van der Waals surface area contributed by atoms with Crippen molar-refractivity contribution in [3.8, 4) is 17.2 Å². The van der Waals surface area contributed by atoms with Crippen LogP contribution >= 0.6 is 0 Å². The Hall–Kier alpha value is -3.10. The number of halogens is 1. The fourth-order valence-electron chi connectivity index (χ4n) is 3.43. The molecule has 2 aromatic rings. The van der Waals surface area contributed by atoms with Crippen LogP contribution in [0.1, 0.15) is 18.4 Å². The Morgan fingerprint density at radius 1 is 1.30 bits per heavy atom. The number of nitrogens with two attached hydrogens (primary N) is 1. The Morgan fingerprint density at radius 3 is 2.74 bits per heavy atom. The maximum absolute atomic E-state index is 14.7. The molecule has 1 fully saturated rings. The maximum Gasteiger partial charge on any atom is 0.148 e. The van der Waals surface area contributed by atoms with Gasteiger partial charge in [0.25, 0.3) is 0 Å². The van der Waals surface area contributed by atoms with Crippen LogP contribution in [0.15, 0.2) is 43.0 Å². The molecule has 2 aromatic carbocycles. The van der Waals surface area contributed by atoms with Crippen molar-refractivity contribution in [2.75, 3.05) is 18.4 Å². The van der Waals surface area contributed by atoms with Gasteiger partial charge in [0.05, 0.1) is 5.56 Å². The van der Waals surface area contributed by atoms with Gasteiger partial charge in [0.15, 0.2) is 0 Å². The van der Waals surface area contributed by atoms with E-state index in [1.807, 2.05) is 24.3 Å². The summed E-state index contributed by atoms with van der Waals surface area (Å²) < 4.78 is 14.7. The number of piperidine rings is 1. The highest BCUT2D eigenvalue weighted by atomic mass is 19.1. The Labute approximate surface area is 158 Å². The van der Waals surface area contributed by atoms with Crippen LogP contribution in [0.5, 0.6) is 0 Å². The number of hydrogen-bond acceptors (Lipinski definition) is 4. The molecular weight excluding hydrogens is 339 g/mol. The molecule has 4 nitrogen and oxygen atoms in total. The van der Waals surface area contributed by atoms with Crippen molar-refractivity contribution in [1.29, 1.82) is 5.26 Å². The minimum atomic E-state index is -0.512. The molecule has 0 bridgehead atoms. The van der Waals surface area contributed by atoms with E-state index >= 15 is 0 Å². The van der Waals surface area contributed by atoms with Crippen molar-refractivity contribution in [2.24, 2.45) is 5.73 Å². The summed E-state index contributed by atoms with van der Waals surface area (Å²) in [6.45, 7) is 5.69. The van der Waals surface area contributed by atoms with Gasteiger partial charge in [0.2, 0.25) is 0 Å². The van der Waals surface area contributed by atoms with E-state index in [1.54, 1.807) is 24.4 Å². The van der Waals surface area contributed by atoms with Crippen LogP contribution in [-0.4, -0.2) is 19.1 Å². The number of nitrogens with zero attached hydrogens (tertiary/aromatic N) is 1. The number of anilines is 1. The highest BCUT2D eigenvalue weighted by Gasteiger charge is 2.15. The average molecular weight is 362 g/mol. The third-order valence-electron chi connectivity index (χ3n) is 4.81. The average Bonchev–Trinajstić information content (AvgIpc) is 2.69. The van der Waals surface area contributed by atoms with Gasteiger partial charge < -0.3 is 16.4 Å². The van der Waals surface area contributed by atoms with Crippen molar-refractivity contribution in [3.63, 3.8) is 0 Å². The largest absolute Gasteiger partial charge is 0.404 e. The van der Waals surface area contributed by atoms with E-state index in [1.165, 1.54) is 6.07 Å². The number of hydrogen-bond donors (Lipinski definition) is 3. The normalized spacial score (nSPS) is 16.1. The van der Waals surface area contributed by atoms with E-state index in [0.29, 0.717) is 17.2 Å². The highest BCUT2D eigenvalue weighted by molar-refractivity contribution is 5.72. The molecule has 1 aliphatic rings. The molecule has 0 amide bonds. The molecule has 0 saturated carbocycles. The van der Waals surface area contributed by atoms with Gasteiger partial charge in [-0.25, -0.2) is 4.39 Å². The lowest BCUT2D eigenvalue weighted by molar-refractivity contribution is 0.479. The van der Waals surface area contributed by atoms with Gasteiger partial charge in [-0.05, 0) is 54.9 Å². The van der Waals surface area contributed by atoms with Crippen molar-refractivity contribution >= 4 is 18.0 Å². The summed E-state index contributed by atoms with van der Waals surface area (Å²) in [6, 6.07) is 10.9. The Bertz CT molecular complexity index is 998. The molecule has 0 radical (unpaired) electrons. The van der Waals surface area contributed by atoms with Gasteiger partial charge in [-0.15, -0.1) is 0 Å². The van der Waals surface area contributed by atoms with Crippen molar-refractivity contribution in [3.05, 3.63) is 64.8 Å². The lowest BCUT2D eigenvalue weighted by Gasteiger charge is -2.25.